The van der Waals surface area contributed by atoms with Gasteiger partial charge in [-0.15, -0.1) is 24.8 Å². The molecule has 0 aliphatic carbocycles. The second-order valence-corrected chi connectivity index (χ2v) is 4.72. The van der Waals surface area contributed by atoms with Crippen molar-refractivity contribution >= 4 is 30.7 Å². The molecule has 7 heteroatoms. The smallest absolute Gasteiger partial charge is 0.239 e. The summed E-state index contributed by atoms with van der Waals surface area (Å²) in [5.41, 5.74) is 8.82. The largest absolute Gasteiger partial charge is 0.383 e. The Bertz CT molecular complexity index is 580. The van der Waals surface area contributed by atoms with Gasteiger partial charge in [-0.2, -0.15) is 0 Å². The minimum absolute atomic E-state index is 0. The van der Waals surface area contributed by atoms with E-state index in [1.807, 2.05) is 42.6 Å². The first-order valence-electron chi connectivity index (χ1n) is 6.72. The highest BCUT2D eigenvalue weighted by Gasteiger charge is 2.12. The minimum Gasteiger partial charge on any atom is -0.383 e. The number of aromatic nitrogens is 1. The molecule has 0 aliphatic heterocycles. The lowest BCUT2D eigenvalue weighted by Gasteiger charge is -2.11. The fraction of sp³-hybridized carbons (Fsp3) is 0.250. The van der Waals surface area contributed by atoms with Crippen LogP contribution in [-0.2, 0) is 16.1 Å². The Hall–Kier alpha value is -1.66. The van der Waals surface area contributed by atoms with Gasteiger partial charge in [-0.1, -0.05) is 30.3 Å². The van der Waals surface area contributed by atoms with Crippen LogP contribution >= 0.6 is 24.8 Å². The Labute approximate surface area is 148 Å². The van der Waals surface area contributed by atoms with Crippen LogP contribution < -0.4 is 11.1 Å². The number of carbonyl (C=O) groups excluding carboxylic acids is 1. The molecule has 3 N–H and O–H groups in total. The first-order chi connectivity index (χ1) is 10.2. The maximum Gasteiger partial charge on any atom is 0.239 e. The molecule has 1 aromatic carbocycles. The summed E-state index contributed by atoms with van der Waals surface area (Å²) < 4.78 is 4.85. The zero-order chi connectivity index (χ0) is 15.1. The van der Waals surface area contributed by atoms with Crippen LogP contribution in [0.5, 0.6) is 0 Å². The van der Waals surface area contributed by atoms with Crippen LogP contribution in [0.25, 0.3) is 11.1 Å². The zero-order valence-corrected chi connectivity index (χ0v) is 14.4. The van der Waals surface area contributed by atoms with Crippen molar-refractivity contribution in [3.05, 3.63) is 54.4 Å². The number of nitrogens with zero attached hydrogens (tertiary/aromatic N) is 1. The number of nitrogens with two attached hydrogens (primary N) is 1. The van der Waals surface area contributed by atoms with Crippen LogP contribution in [0.1, 0.15) is 5.56 Å². The fourth-order valence-electron chi connectivity index (χ4n) is 1.92. The quantitative estimate of drug-likeness (QED) is 0.830. The van der Waals surface area contributed by atoms with E-state index in [2.05, 4.69) is 10.3 Å². The molecule has 1 heterocycles. The summed E-state index contributed by atoms with van der Waals surface area (Å²) >= 11 is 0. The molecular weight excluding hydrogens is 337 g/mol. The van der Waals surface area contributed by atoms with Gasteiger partial charge in [0.25, 0.3) is 0 Å². The summed E-state index contributed by atoms with van der Waals surface area (Å²) in [5, 5.41) is 2.79. The molecular formula is C16H21Cl2N3O2. The Balaban J connectivity index is 0.00000242. The number of amides is 1. The van der Waals surface area contributed by atoms with Crippen LogP contribution in [0.15, 0.2) is 48.8 Å². The standard InChI is InChI=1S/C16H19N3O2.2ClH/c1-21-11-15(17)16(20)19-9-12-4-6-13(7-5-12)14-3-2-8-18-10-14;;/h2-8,10,15H,9,11,17H2,1H3,(H,19,20);2*1H. The molecule has 0 fully saturated rings. The molecule has 1 atom stereocenters. The topological polar surface area (TPSA) is 77.2 Å². The molecule has 2 aromatic rings. The highest BCUT2D eigenvalue weighted by Crippen LogP contribution is 2.18. The number of hydrogen-bond acceptors (Lipinski definition) is 4. The Morgan fingerprint density at radius 2 is 1.91 bits per heavy atom. The van der Waals surface area contributed by atoms with E-state index in [0.29, 0.717) is 6.54 Å². The molecule has 1 amide bonds. The van der Waals surface area contributed by atoms with Crippen LogP contribution in [0.3, 0.4) is 0 Å². The number of ether oxygens (including phenoxy) is 1. The van der Waals surface area contributed by atoms with Crippen molar-refractivity contribution in [1.82, 2.24) is 10.3 Å². The van der Waals surface area contributed by atoms with E-state index in [4.69, 9.17) is 10.5 Å². The third-order valence-electron chi connectivity index (χ3n) is 3.10. The van der Waals surface area contributed by atoms with E-state index in [1.165, 1.54) is 7.11 Å². The zero-order valence-electron chi connectivity index (χ0n) is 12.8. The Morgan fingerprint density at radius 3 is 2.48 bits per heavy atom. The molecule has 0 spiro atoms. The van der Waals surface area contributed by atoms with E-state index in [-0.39, 0.29) is 37.3 Å². The first-order valence-corrected chi connectivity index (χ1v) is 6.72. The van der Waals surface area contributed by atoms with Crippen molar-refractivity contribution < 1.29 is 9.53 Å². The van der Waals surface area contributed by atoms with Gasteiger partial charge in [-0.25, -0.2) is 0 Å². The van der Waals surface area contributed by atoms with Crippen molar-refractivity contribution in [2.75, 3.05) is 13.7 Å². The van der Waals surface area contributed by atoms with Gasteiger partial charge in [-0.05, 0) is 22.8 Å². The molecule has 5 nitrogen and oxygen atoms in total. The number of carbonyl (C=O) groups is 1. The molecule has 126 valence electrons. The van der Waals surface area contributed by atoms with Gasteiger partial charge < -0.3 is 15.8 Å². The van der Waals surface area contributed by atoms with Crippen molar-refractivity contribution in [3.8, 4) is 11.1 Å². The monoisotopic (exact) mass is 357 g/mol. The predicted octanol–water partition coefficient (Wildman–Crippen LogP) is 2.18. The van der Waals surface area contributed by atoms with Crippen LogP contribution in [0, 0.1) is 0 Å². The minimum atomic E-state index is -0.635. The number of pyridine rings is 1. The van der Waals surface area contributed by atoms with Crippen LogP contribution in [0.4, 0.5) is 0 Å². The summed E-state index contributed by atoms with van der Waals surface area (Å²) in [6, 6.07) is 11.2. The van der Waals surface area contributed by atoms with E-state index >= 15 is 0 Å². The van der Waals surface area contributed by atoms with Gasteiger partial charge in [0.1, 0.15) is 6.04 Å². The van der Waals surface area contributed by atoms with E-state index in [9.17, 15) is 4.79 Å². The molecule has 0 aliphatic rings. The van der Waals surface area contributed by atoms with Crippen molar-refractivity contribution in [1.29, 1.82) is 0 Å². The second-order valence-electron chi connectivity index (χ2n) is 4.72. The predicted molar refractivity (Wildman–Crippen MR) is 95.9 cm³/mol. The van der Waals surface area contributed by atoms with E-state index < -0.39 is 6.04 Å². The summed E-state index contributed by atoms with van der Waals surface area (Å²) in [5.74, 6) is -0.215. The third kappa shape index (κ3) is 6.54. The molecule has 1 aromatic heterocycles. The van der Waals surface area contributed by atoms with Crippen molar-refractivity contribution in [2.24, 2.45) is 5.73 Å². The molecule has 0 saturated carbocycles. The molecule has 2 rings (SSSR count). The Kier molecular flexibility index (Phi) is 10.2. The maximum atomic E-state index is 11.7. The molecule has 0 bridgehead atoms. The molecule has 23 heavy (non-hydrogen) atoms. The number of benzene rings is 1. The van der Waals surface area contributed by atoms with E-state index in [0.717, 1.165) is 16.7 Å². The third-order valence-corrected chi connectivity index (χ3v) is 3.10. The fourth-order valence-corrected chi connectivity index (χ4v) is 1.92. The lowest BCUT2D eigenvalue weighted by Crippen LogP contribution is -2.43. The number of nitrogens with one attached hydrogen (secondary N) is 1. The summed E-state index contributed by atoms with van der Waals surface area (Å²) in [4.78, 5) is 15.8. The lowest BCUT2D eigenvalue weighted by molar-refractivity contribution is -0.123. The van der Waals surface area contributed by atoms with Gasteiger partial charge >= 0.3 is 0 Å². The summed E-state index contributed by atoms with van der Waals surface area (Å²) in [6.07, 6.45) is 3.57. The van der Waals surface area contributed by atoms with Gasteiger partial charge in [0.2, 0.25) is 5.91 Å². The van der Waals surface area contributed by atoms with Gasteiger partial charge in [0.15, 0.2) is 0 Å². The summed E-state index contributed by atoms with van der Waals surface area (Å²) in [7, 11) is 1.52. The van der Waals surface area contributed by atoms with Gasteiger partial charge in [0, 0.05) is 26.0 Å². The maximum absolute atomic E-state index is 11.7. The first kappa shape index (κ1) is 21.3. The lowest BCUT2D eigenvalue weighted by atomic mass is 10.1. The number of rotatable bonds is 6. The normalized spacial score (nSPS) is 10.9. The highest BCUT2D eigenvalue weighted by atomic mass is 35.5. The number of methoxy groups -OCH3 is 1. The average molecular weight is 358 g/mol. The molecule has 1 unspecified atom stereocenters. The summed E-state index contributed by atoms with van der Waals surface area (Å²) in [6.45, 7) is 0.662. The second kappa shape index (κ2) is 11.0. The van der Waals surface area contributed by atoms with E-state index in [1.54, 1.807) is 6.20 Å². The number of hydrogen-bond donors (Lipinski definition) is 2. The molecule has 0 radical (unpaired) electrons. The Morgan fingerprint density at radius 1 is 1.22 bits per heavy atom. The highest BCUT2D eigenvalue weighted by molar-refractivity contribution is 5.85. The molecule has 0 saturated heterocycles. The van der Waals surface area contributed by atoms with Crippen LogP contribution in [0.2, 0.25) is 0 Å². The van der Waals surface area contributed by atoms with Crippen LogP contribution in [-0.4, -0.2) is 30.6 Å². The van der Waals surface area contributed by atoms with Crippen molar-refractivity contribution in [2.45, 2.75) is 12.6 Å². The van der Waals surface area contributed by atoms with Gasteiger partial charge in [0.05, 0.1) is 6.61 Å². The SMILES string of the molecule is COCC(N)C(=O)NCc1ccc(-c2cccnc2)cc1.Cl.Cl. The van der Waals surface area contributed by atoms with Gasteiger partial charge in [-0.3, -0.25) is 9.78 Å². The average Bonchev–Trinajstić information content (AvgIpc) is 2.54. The van der Waals surface area contributed by atoms with Crippen molar-refractivity contribution in [3.63, 3.8) is 0 Å². The number of halogens is 2.